The molecule has 1 aromatic carbocycles. The quantitative estimate of drug-likeness (QED) is 0.624. The number of carbonyl (C=O) groups is 1. The average molecular weight is 411 g/mol. The van der Waals surface area contributed by atoms with Gasteiger partial charge in [-0.3, -0.25) is 9.59 Å². The van der Waals surface area contributed by atoms with Gasteiger partial charge in [0.05, 0.1) is 4.88 Å². The van der Waals surface area contributed by atoms with Crippen molar-refractivity contribution in [3.63, 3.8) is 0 Å². The summed E-state index contributed by atoms with van der Waals surface area (Å²) in [6.07, 6.45) is 1.04. The minimum Gasteiger partial charge on any atom is -0.337 e. The van der Waals surface area contributed by atoms with Crippen LogP contribution in [0.2, 0.25) is 5.02 Å². The number of piperidine rings is 1. The molecule has 0 unspecified atom stereocenters. The SMILES string of the molecule is O=C(c1cccs1)N1C[C@@H]2C[C@H](C1)c1ccc(-c3ccc(Cl)cc3)c(=O)n1C2. The summed E-state index contributed by atoms with van der Waals surface area (Å²) in [4.78, 5) is 28.7. The number of pyridine rings is 1. The molecule has 1 amide bonds. The second-order valence-corrected chi connectivity index (χ2v) is 8.96. The van der Waals surface area contributed by atoms with Gasteiger partial charge in [0.15, 0.2) is 0 Å². The summed E-state index contributed by atoms with van der Waals surface area (Å²) in [6.45, 7) is 2.05. The molecule has 28 heavy (non-hydrogen) atoms. The normalized spacial score (nSPS) is 20.7. The number of benzene rings is 1. The number of nitrogens with zero attached hydrogens (tertiary/aromatic N) is 2. The Balaban J connectivity index is 1.48. The maximum absolute atomic E-state index is 13.2. The Morgan fingerprint density at radius 3 is 2.61 bits per heavy atom. The van der Waals surface area contributed by atoms with Gasteiger partial charge in [0.25, 0.3) is 11.5 Å². The molecule has 2 aromatic heterocycles. The smallest absolute Gasteiger partial charge is 0.263 e. The van der Waals surface area contributed by atoms with Crippen LogP contribution in [0.4, 0.5) is 0 Å². The fourth-order valence-corrected chi connectivity index (χ4v) is 5.33. The van der Waals surface area contributed by atoms with Gasteiger partial charge in [0.2, 0.25) is 0 Å². The van der Waals surface area contributed by atoms with Gasteiger partial charge in [-0.25, -0.2) is 0 Å². The van der Waals surface area contributed by atoms with Gasteiger partial charge in [-0.1, -0.05) is 29.8 Å². The molecule has 6 heteroatoms. The molecule has 0 aliphatic carbocycles. The number of thiophene rings is 1. The fourth-order valence-electron chi connectivity index (χ4n) is 4.52. The second kappa shape index (κ2) is 6.90. The molecule has 2 aliphatic rings. The Bertz CT molecular complexity index is 1090. The molecule has 142 valence electrons. The molecule has 2 aliphatic heterocycles. The predicted octanol–water partition coefficient (Wildman–Crippen LogP) is 4.49. The number of amides is 1. The van der Waals surface area contributed by atoms with Crippen molar-refractivity contribution in [2.45, 2.75) is 18.9 Å². The maximum Gasteiger partial charge on any atom is 0.263 e. The van der Waals surface area contributed by atoms with Crippen molar-refractivity contribution in [3.05, 3.63) is 79.9 Å². The third-order valence-corrected chi connectivity index (χ3v) is 6.89. The largest absolute Gasteiger partial charge is 0.337 e. The number of hydrogen-bond donors (Lipinski definition) is 0. The summed E-state index contributed by atoms with van der Waals surface area (Å²) in [6, 6.07) is 15.2. The lowest BCUT2D eigenvalue weighted by Gasteiger charge is -2.42. The standard InChI is InChI=1S/C22H19ClN2O2S/c23-17-5-3-15(4-6-17)18-7-8-19-16-10-14(12-25(19)21(18)26)11-24(13-16)22(27)20-2-1-9-28-20/h1-9,14,16H,10-13H2/t14-,16+/m0/s1. The highest BCUT2D eigenvalue weighted by atomic mass is 35.5. The van der Waals surface area contributed by atoms with E-state index >= 15 is 0 Å². The molecule has 4 nitrogen and oxygen atoms in total. The Morgan fingerprint density at radius 2 is 1.86 bits per heavy atom. The van der Waals surface area contributed by atoms with Gasteiger partial charge in [-0.15, -0.1) is 11.3 Å². The van der Waals surface area contributed by atoms with Crippen LogP contribution in [0.3, 0.4) is 0 Å². The van der Waals surface area contributed by atoms with E-state index in [4.69, 9.17) is 11.6 Å². The number of halogens is 1. The zero-order chi connectivity index (χ0) is 19.3. The van der Waals surface area contributed by atoms with Crippen LogP contribution >= 0.6 is 22.9 Å². The first-order valence-electron chi connectivity index (χ1n) is 9.42. The highest BCUT2D eigenvalue weighted by molar-refractivity contribution is 7.12. The molecule has 1 fully saturated rings. The fraction of sp³-hybridized carbons (Fsp3) is 0.273. The molecule has 1 saturated heterocycles. The molecule has 5 rings (SSSR count). The van der Waals surface area contributed by atoms with Crippen LogP contribution in [0, 0.1) is 5.92 Å². The van der Waals surface area contributed by atoms with Crippen molar-refractivity contribution in [2.75, 3.05) is 13.1 Å². The summed E-state index contributed by atoms with van der Waals surface area (Å²) in [5.41, 5.74) is 2.68. The lowest BCUT2D eigenvalue weighted by Crippen LogP contribution is -2.49. The Kier molecular flexibility index (Phi) is 4.37. The third kappa shape index (κ3) is 2.99. The number of fused-ring (bicyclic) bond motifs is 4. The van der Waals surface area contributed by atoms with Crippen LogP contribution in [0.5, 0.6) is 0 Å². The van der Waals surface area contributed by atoms with Crippen LogP contribution in [0.25, 0.3) is 11.1 Å². The van der Waals surface area contributed by atoms with Gasteiger partial charge < -0.3 is 9.47 Å². The summed E-state index contributed by atoms with van der Waals surface area (Å²) < 4.78 is 1.93. The number of rotatable bonds is 2. The molecular formula is C22H19ClN2O2S. The van der Waals surface area contributed by atoms with E-state index in [2.05, 4.69) is 6.07 Å². The molecule has 0 radical (unpaired) electrons. The first-order valence-corrected chi connectivity index (χ1v) is 10.7. The topological polar surface area (TPSA) is 42.3 Å². The zero-order valence-corrected chi connectivity index (χ0v) is 16.7. The van der Waals surface area contributed by atoms with E-state index in [-0.39, 0.29) is 17.4 Å². The van der Waals surface area contributed by atoms with E-state index in [0.717, 1.165) is 22.6 Å². The molecule has 3 aromatic rings. The minimum atomic E-state index is 0.0487. The highest BCUT2D eigenvalue weighted by Crippen LogP contribution is 2.36. The Morgan fingerprint density at radius 1 is 1.04 bits per heavy atom. The molecular weight excluding hydrogens is 392 g/mol. The molecule has 0 spiro atoms. The molecule has 0 saturated carbocycles. The predicted molar refractivity (Wildman–Crippen MR) is 112 cm³/mol. The van der Waals surface area contributed by atoms with E-state index in [0.29, 0.717) is 36.1 Å². The summed E-state index contributed by atoms with van der Waals surface area (Å²) >= 11 is 7.47. The Hall–Kier alpha value is -2.37. The second-order valence-electron chi connectivity index (χ2n) is 7.58. The lowest BCUT2D eigenvalue weighted by atomic mass is 9.82. The van der Waals surface area contributed by atoms with Crippen molar-refractivity contribution >= 4 is 28.8 Å². The lowest BCUT2D eigenvalue weighted by molar-refractivity contribution is 0.0599. The van der Waals surface area contributed by atoms with Crippen molar-refractivity contribution in [2.24, 2.45) is 5.92 Å². The van der Waals surface area contributed by atoms with Crippen molar-refractivity contribution < 1.29 is 4.79 Å². The van der Waals surface area contributed by atoms with E-state index in [1.807, 2.05) is 57.3 Å². The third-order valence-electron chi connectivity index (χ3n) is 5.78. The highest BCUT2D eigenvalue weighted by Gasteiger charge is 2.37. The molecule has 4 heterocycles. The number of hydrogen-bond acceptors (Lipinski definition) is 3. The molecule has 2 bridgehead atoms. The first-order chi connectivity index (χ1) is 13.6. The van der Waals surface area contributed by atoms with Crippen molar-refractivity contribution in [1.82, 2.24) is 9.47 Å². The van der Waals surface area contributed by atoms with Gasteiger partial charge in [-0.05, 0) is 53.6 Å². The van der Waals surface area contributed by atoms with Crippen LogP contribution in [-0.2, 0) is 6.54 Å². The number of likely N-dealkylation sites (tertiary alicyclic amines) is 1. The number of carbonyl (C=O) groups excluding carboxylic acids is 1. The Labute approximate surface area is 172 Å². The van der Waals surface area contributed by atoms with Crippen molar-refractivity contribution in [3.8, 4) is 11.1 Å². The summed E-state index contributed by atoms with van der Waals surface area (Å²) in [5.74, 6) is 0.634. The number of aromatic nitrogens is 1. The monoisotopic (exact) mass is 410 g/mol. The van der Waals surface area contributed by atoms with Gasteiger partial charge in [0, 0.05) is 41.8 Å². The zero-order valence-electron chi connectivity index (χ0n) is 15.2. The summed E-state index contributed by atoms with van der Waals surface area (Å²) in [5, 5.41) is 2.59. The van der Waals surface area contributed by atoms with Gasteiger partial charge >= 0.3 is 0 Å². The average Bonchev–Trinajstić information content (AvgIpc) is 3.24. The van der Waals surface area contributed by atoms with Crippen LogP contribution < -0.4 is 5.56 Å². The minimum absolute atomic E-state index is 0.0487. The van der Waals surface area contributed by atoms with Gasteiger partial charge in [0.1, 0.15) is 0 Å². The molecule has 2 atom stereocenters. The van der Waals surface area contributed by atoms with E-state index in [9.17, 15) is 9.59 Å². The van der Waals surface area contributed by atoms with Gasteiger partial charge in [-0.2, -0.15) is 0 Å². The first kappa shape index (κ1) is 17.7. The van der Waals surface area contributed by atoms with Crippen LogP contribution in [0.15, 0.2) is 58.7 Å². The van der Waals surface area contributed by atoms with E-state index < -0.39 is 0 Å². The van der Waals surface area contributed by atoms with Crippen LogP contribution in [0.1, 0.15) is 27.7 Å². The van der Waals surface area contributed by atoms with E-state index in [1.54, 1.807) is 0 Å². The molecule has 0 N–H and O–H groups in total. The summed E-state index contributed by atoms with van der Waals surface area (Å²) in [7, 11) is 0. The van der Waals surface area contributed by atoms with Crippen molar-refractivity contribution in [1.29, 1.82) is 0 Å². The van der Waals surface area contributed by atoms with E-state index in [1.165, 1.54) is 11.3 Å². The maximum atomic E-state index is 13.2. The van der Waals surface area contributed by atoms with Crippen LogP contribution in [-0.4, -0.2) is 28.5 Å².